The second-order valence-electron chi connectivity index (χ2n) is 6.08. The molecule has 1 unspecified atom stereocenters. The summed E-state index contributed by atoms with van der Waals surface area (Å²) in [5.41, 5.74) is 7.58. The van der Waals surface area contributed by atoms with Crippen molar-refractivity contribution in [2.45, 2.75) is 44.2 Å². The molecule has 0 saturated heterocycles. The molecule has 1 aromatic carbocycles. The van der Waals surface area contributed by atoms with Gasteiger partial charge in [0, 0.05) is 19.7 Å². The molecule has 1 atom stereocenters. The van der Waals surface area contributed by atoms with Crippen molar-refractivity contribution >= 4 is 35.3 Å². The number of carbonyl (C=O) groups is 1. The quantitative estimate of drug-likeness (QED) is 0.837. The van der Waals surface area contributed by atoms with E-state index in [1.165, 1.54) is 12.8 Å². The van der Waals surface area contributed by atoms with E-state index in [1.807, 2.05) is 18.2 Å². The van der Waals surface area contributed by atoms with Crippen molar-refractivity contribution in [3.8, 4) is 0 Å². The molecule has 0 radical (unpaired) electrons. The number of rotatable bonds is 6. The molecule has 24 heavy (non-hydrogen) atoms. The van der Waals surface area contributed by atoms with Crippen LogP contribution in [0.25, 0.3) is 11.0 Å². The summed E-state index contributed by atoms with van der Waals surface area (Å²) in [6.45, 7) is 0.322. The minimum Gasteiger partial charge on any atom is -0.380 e. The first-order valence-electron chi connectivity index (χ1n) is 8.22. The lowest BCUT2D eigenvalue weighted by Crippen LogP contribution is -2.29. The third kappa shape index (κ3) is 3.88. The highest BCUT2D eigenvalue weighted by Crippen LogP contribution is 2.35. The Bertz CT molecular complexity index is 678. The van der Waals surface area contributed by atoms with Crippen LogP contribution < -0.4 is 11.1 Å². The molecule has 1 saturated carbocycles. The maximum absolute atomic E-state index is 12.3. The molecule has 132 valence electrons. The van der Waals surface area contributed by atoms with E-state index in [9.17, 15) is 4.79 Å². The summed E-state index contributed by atoms with van der Waals surface area (Å²) in [7, 11) is 1.57. The van der Waals surface area contributed by atoms with E-state index in [2.05, 4.69) is 20.9 Å². The zero-order valence-corrected chi connectivity index (χ0v) is 14.7. The summed E-state index contributed by atoms with van der Waals surface area (Å²) in [4.78, 5) is 16.9. The van der Waals surface area contributed by atoms with Crippen LogP contribution in [0.3, 0.4) is 0 Å². The number of amides is 1. The van der Waals surface area contributed by atoms with Crippen LogP contribution in [0, 0.1) is 0 Å². The number of halogens is 1. The Kier molecular flexibility index (Phi) is 6.60. The summed E-state index contributed by atoms with van der Waals surface area (Å²) in [5, 5.41) is 2.95. The number of benzene rings is 1. The molecule has 1 amide bonds. The number of ether oxygens (including phenoxy) is 1. The number of methoxy groups -OCH3 is 1. The molecule has 0 aliphatic heterocycles. The fourth-order valence-corrected chi connectivity index (χ4v) is 3.31. The number of nitrogens with two attached hydrogens (primary N) is 1. The number of aromatic nitrogens is 2. The summed E-state index contributed by atoms with van der Waals surface area (Å²) in [5.74, 6) is 0.520. The molecule has 1 aromatic heterocycles. The number of anilines is 1. The average Bonchev–Trinajstić information content (AvgIpc) is 3.19. The Labute approximate surface area is 148 Å². The lowest BCUT2D eigenvalue weighted by atomic mass is 10.2. The molecule has 1 heterocycles. The lowest BCUT2D eigenvalue weighted by molar-refractivity contribution is -0.118. The van der Waals surface area contributed by atoms with Gasteiger partial charge in [-0.3, -0.25) is 10.1 Å². The van der Waals surface area contributed by atoms with Crippen molar-refractivity contribution in [3.63, 3.8) is 0 Å². The molecule has 1 aliphatic rings. The number of carbonyl (C=O) groups excluding carboxylic acids is 1. The Balaban J connectivity index is 0.00000208. The van der Waals surface area contributed by atoms with Gasteiger partial charge in [-0.2, -0.15) is 0 Å². The van der Waals surface area contributed by atoms with Crippen molar-refractivity contribution in [3.05, 3.63) is 24.3 Å². The van der Waals surface area contributed by atoms with Gasteiger partial charge in [0.25, 0.3) is 0 Å². The largest absolute Gasteiger partial charge is 0.380 e. The van der Waals surface area contributed by atoms with Crippen LogP contribution in [0.2, 0.25) is 0 Å². The van der Waals surface area contributed by atoms with Crippen molar-refractivity contribution in [2.24, 2.45) is 5.73 Å². The van der Waals surface area contributed by atoms with Gasteiger partial charge in [0.05, 0.1) is 23.6 Å². The van der Waals surface area contributed by atoms with Crippen LogP contribution in [0.5, 0.6) is 0 Å². The third-order valence-electron chi connectivity index (χ3n) is 4.55. The van der Waals surface area contributed by atoms with E-state index >= 15 is 0 Å². The molecule has 2 aromatic rings. The van der Waals surface area contributed by atoms with Crippen LogP contribution in [0.15, 0.2) is 24.3 Å². The van der Waals surface area contributed by atoms with E-state index in [4.69, 9.17) is 10.5 Å². The first-order valence-corrected chi connectivity index (χ1v) is 8.22. The van der Waals surface area contributed by atoms with E-state index in [0.717, 1.165) is 23.9 Å². The van der Waals surface area contributed by atoms with Crippen LogP contribution in [0.1, 0.15) is 38.1 Å². The fourth-order valence-electron chi connectivity index (χ4n) is 3.31. The predicted octanol–water partition coefficient (Wildman–Crippen LogP) is 2.88. The van der Waals surface area contributed by atoms with Gasteiger partial charge in [0.2, 0.25) is 11.9 Å². The highest BCUT2D eigenvalue weighted by atomic mass is 35.5. The van der Waals surface area contributed by atoms with Gasteiger partial charge in [-0.05, 0) is 25.0 Å². The van der Waals surface area contributed by atoms with Crippen LogP contribution in [0.4, 0.5) is 5.95 Å². The number of imidazole rings is 1. The highest BCUT2D eigenvalue weighted by Gasteiger charge is 2.24. The second kappa shape index (κ2) is 8.46. The number of nitrogens with one attached hydrogen (secondary N) is 1. The van der Waals surface area contributed by atoms with E-state index in [0.29, 0.717) is 18.5 Å². The van der Waals surface area contributed by atoms with Gasteiger partial charge in [-0.25, -0.2) is 4.98 Å². The number of nitrogens with zero attached hydrogens (tertiary/aromatic N) is 2. The SMILES string of the molecule is COC(CN)CC(=O)Nc1nc2ccccc2n1C1CCCC1.Cl. The monoisotopic (exact) mass is 352 g/mol. The van der Waals surface area contributed by atoms with E-state index in [-0.39, 0.29) is 30.8 Å². The van der Waals surface area contributed by atoms with Crippen molar-refractivity contribution in [2.75, 3.05) is 19.0 Å². The zero-order valence-electron chi connectivity index (χ0n) is 13.9. The molecular weight excluding hydrogens is 328 g/mol. The van der Waals surface area contributed by atoms with E-state index < -0.39 is 0 Å². The minimum atomic E-state index is -0.265. The van der Waals surface area contributed by atoms with Crippen molar-refractivity contribution < 1.29 is 9.53 Å². The third-order valence-corrected chi connectivity index (χ3v) is 4.55. The molecule has 0 spiro atoms. The van der Waals surface area contributed by atoms with Crippen LogP contribution in [-0.2, 0) is 9.53 Å². The Morgan fingerprint density at radius 2 is 2.12 bits per heavy atom. The molecule has 1 fully saturated rings. The standard InChI is InChI=1S/C17H24N4O2.ClH/c1-23-13(11-18)10-16(22)20-17-19-14-8-4-5-9-15(14)21(17)12-6-2-3-7-12;/h4-5,8-9,12-13H,2-3,6-7,10-11,18H2,1H3,(H,19,20,22);1H. The molecule has 3 N–H and O–H groups in total. The van der Waals surface area contributed by atoms with Crippen LogP contribution in [-0.4, -0.2) is 35.2 Å². The van der Waals surface area contributed by atoms with Gasteiger partial charge in [0.1, 0.15) is 0 Å². The topological polar surface area (TPSA) is 82.2 Å². The predicted molar refractivity (Wildman–Crippen MR) is 97.6 cm³/mol. The fraction of sp³-hybridized carbons (Fsp3) is 0.529. The van der Waals surface area contributed by atoms with Gasteiger partial charge in [-0.1, -0.05) is 25.0 Å². The number of para-hydroxylation sites is 2. The number of hydrogen-bond donors (Lipinski definition) is 2. The molecule has 3 rings (SSSR count). The maximum Gasteiger partial charge on any atom is 0.229 e. The van der Waals surface area contributed by atoms with Gasteiger partial charge in [0.15, 0.2) is 0 Å². The summed E-state index contributed by atoms with van der Waals surface area (Å²) in [6.07, 6.45) is 4.69. The Hall–Kier alpha value is -1.63. The van der Waals surface area contributed by atoms with Crippen LogP contribution >= 0.6 is 12.4 Å². The second-order valence-corrected chi connectivity index (χ2v) is 6.08. The molecule has 0 bridgehead atoms. The van der Waals surface area contributed by atoms with Gasteiger partial charge >= 0.3 is 0 Å². The Morgan fingerprint density at radius 1 is 1.42 bits per heavy atom. The number of fused-ring (bicyclic) bond motifs is 1. The Morgan fingerprint density at radius 3 is 2.79 bits per heavy atom. The minimum absolute atomic E-state index is 0. The average molecular weight is 353 g/mol. The molecule has 6 nitrogen and oxygen atoms in total. The lowest BCUT2D eigenvalue weighted by Gasteiger charge is -2.17. The number of hydrogen-bond acceptors (Lipinski definition) is 4. The summed E-state index contributed by atoms with van der Waals surface area (Å²) in [6, 6.07) is 8.43. The smallest absolute Gasteiger partial charge is 0.229 e. The van der Waals surface area contributed by atoms with Gasteiger partial charge < -0.3 is 15.0 Å². The summed E-state index contributed by atoms with van der Waals surface area (Å²) >= 11 is 0. The van der Waals surface area contributed by atoms with E-state index in [1.54, 1.807) is 7.11 Å². The van der Waals surface area contributed by atoms with Crippen molar-refractivity contribution in [1.82, 2.24) is 9.55 Å². The molecule has 7 heteroatoms. The molecular formula is C17H25ClN4O2. The highest BCUT2D eigenvalue weighted by molar-refractivity contribution is 5.92. The summed E-state index contributed by atoms with van der Waals surface area (Å²) < 4.78 is 7.37. The first kappa shape index (κ1) is 18.7. The zero-order chi connectivity index (χ0) is 16.2. The maximum atomic E-state index is 12.3. The molecule has 1 aliphatic carbocycles. The van der Waals surface area contributed by atoms with Crippen molar-refractivity contribution in [1.29, 1.82) is 0 Å². The van der Waals surface area contributed by atoms with Gasteiger partial charge in [-0.15, -0.1) is 12.4 Å². The normalized spacial score (nSPS) is 16.1. The first-order chi connectivity index (χ1) is 11.2.